The Labute approximate surface area is 118 Å². The number of nitrogens with one attached hydrogen (secondary N) is 1. The number of nitro benzene ring substituents is 1. The third kappa shape index (κ3) is 4.30. The molecule has 0 aliphatic rings. The highest BCUT2D eigenvalue weighted by Gasteiger charge is 2.14. The first-order valence-corrected chi connectivity index (χ1v) is 7.46. The zero-order valence-electron chi connectivity index (χ0n) is 9.81. The van der Waals surface area contributed by atoms with Crippen LogP contribution in [0.2, 0.25) is 0 Å². The van der Waals surface area contributed by atoms with Crippen molar-refractivity contribution in [1.29, 1.82) is 0 Å². The molecule has 0 atom stereocenters. The van der Waals surface area contributed by atoms with Gasteiger partial charge in [-0.05, 0) is 40.4 Å². The van der Waals surface area contributed by atoms with Crippen molar-refractivity contribution in [3.05, 3.63) is 38.3 Å². The summed E-state index contributed by atoms with van der Waals surface area (Å²) in [5.41, 5.74) is 0.195. The van der Waals surface area contributed by atoms with Crippen LogP contribution in [0.25, 0.3) is 0 Å². The van der Waals surface area contributed by atoms with Gasteiger partial charge in [0.05, 0.1) is 10.5 Å². The second-order valence-electron chi connectivity index (χ2n) is 3.52. The maximum absolute atomic E-state index is 11.8. The van der Waals surface area contributed by atoms with Crippen LogP contribution in [0.4, 0.5) is 5.69 Å². The van der Waals surface area contributed by atoms with Crippen molar-refractivity contribution in [2.24, 2.45) is 0 Å². The second kappa shape index (κ2) is 7.38. The SMILES string of the molecule is CSCCCNC(=O)c1cc([N+](=O)[O-])ccc1Br. The van der Waals surface area contributed by atoms with Crippen LogP contribution in [0.1, 0.15) is 16.8 Å². The molecule has 1 rings (SSSR count). The molecule has 0 aromatic heterocycles. The predicted octanol–water partition coefficient (Wildman–Crippen LogP) is 2.84. The largest absolute Gasteiger partial charge is 0.352 e. The van der Waals surface area contributed by atoms with Crippen molar-refractivity contribution >= 4 is 39.3 Å². The number of hydrogen-bond donors (Lipinski definition) is 1. The zero-order valence-corrected chi connectivity index (χ0v) is 12.2. The van der Waals surface area contributed by atoms with Crippen LogP contribution in [-0.2, 0) is 0 Å². The van der Waals surface area contributed by atoms with E-state index in [9.17, 15) is 14.9 Å². The fraction of sp³-hybridized carbons (Fsp3) is 0.364. The lowest BCUT2D eigenvalue weighted by Gasteiger charge is -2.06. The minimum Gasteiger partial charge on any atom is -0.352 e. The Hall–Kier alpha value is -1.08. The molecule has 0 spiro atoms. The summed E-state index contributed by atoms with van der Waals surface area (Å²) >= 11 is 4.92. The average Bonchev–Trinajstić information content (AvgIpc) is 2.34. The molecular formula is C11H13BrN2O3S. The summed E-state index contributed by atoms with van der Waals surface area (Å²) in [6.45, 7) is 0.564. The number of thioether (sulfide) groups is 1. The van der Waals surface area contributed by atoms with Gasteiger partial charge in [0.1, 0.15) is 0 Å². The number of benzene rings is 1. The van der Waals surface area contributed by atoms with Gasteiger partial charge in [0, 0.05) is 23.2 Å². The van der Waals surface area contributed by atoms with Gasteiger partial charge in [-0.2, -0.15) is 11.8 Å². The molecule has 18 heavy (non-hydrogen) atoms. The molecule has 1 aromatic rings. The number of carbonyl (C=O) groups is 1. The van der Waals surface area contributed by atoms with E-state index in [-0.39, 0.29) is 17.2 Å². The van der Waals surface area contributed by atoms with E-state index in [1.807, 2.05) is 6.26 Å². The average molecular weight is 333 g/mol. The van der Waals surface area contributed by atoms with Crippen LogP contribution >= 0.6 is 27.7 Å². The number of nitrogens with zero attached hydrogens (tertiary/aromatic N) is 1. The molecule has 1 N–H and O–H groups in total. The van der Waals surface area contributed by atoms with Crippen molar-refractivity contribution in [2.75, 3.05) is 18.6 Å². The van der Waals surface area contributed by atoms with Gasteiger partial charge in [-0.1, -0.05) is 0 Å². The molecule has 98 valence electrons. The highest BCUT2D eigenvalue weighted by Crippen LogP contribution is 2.22. The lowest BCUT2D eigenvalue weighted by Crippen LogP contribution is -2.25. The summed E-state index contributed by atoms with van der Waals surface area (Å²) in [4.78, 5) is 22.0. The third-order valence-electron chi connectivity index (χ3n) is 2.22. The van der Waals surface area contributed by atoms with Crippen LogP contribution in [0, 0.1) is 10.1 Å². The summed E-state index contributed by atoms with van der Waals surface area (Å²) in [5, 5.41) is 13.4. The molecular weight excluding hydrogens is 320 g/mol. The van der Waals surface area contributed by atoms with Crippen LogP contribution in [0.15, 0.2) is 22.7 Å². The number of nitro groups is 1. The first-order chi connectivity index (χ1) is 8.56. The van der Waals surface area contributed by atoms with E-state index in [1.54, 1.807) is 11.8 Å². The standard InChI is InChI=1S/C11H13BrN2O3S/c1-18-6-2-5-13-11(15)9-7-8(14(16)17)3-4-10(9)12/h3-4,7H,2,5-6H2,1H3,(H,13,15). The summed E-state index contributed by atoms with van der Waals surface area (Å²) in [6, 6.07) is 4.14. The summed E-state index contributed by atoms with van der Waals surface area (Å²) in [5.74, 6) is 0.669. The number of hydrogen-bond acceptors (Lipinski definition) is 4. The Kier molecular flexibility index (Phi) is 6.14. The molecule has 0 bridgehead atoms. The number of carbonyl (C=O) groups excluding carboxylic acids is 1. The van der Waals surface area contributed by atoms with Crippen molar-refractivity contribution in [2.45, 2.75) is 6.42 Å². The molecule has 0 saturated heterocycles. The zero-order chi connectivity index (χ0) is 13.5. The van der Waals surface area contributed by atoms with Crippen molar-refractivity contribution in [3.8, 4) is 0 Å². The molecule has 7 heteroatoms. The fourth-order valence-electron chi connectivity index (χ4n) is 1.31. The Balaban J connectivity index is 2.72. The molecule has 0 saturated carbocycles. The van der Waals surface area contributed by atoms with E-state index in [4.69, 9.17) is 0 Å². The van der Waals surface area contributed by atoms with Gasteiger partial charge in [0.25, 0.3) is 11.6 Å². The van der Waals surface area contributed by atoms with Gasteiger partial charge in [-0.3, -0.25) is 14.9 Å². The highest BCUT2D eigenvalue weighted by atomic mass is 79.9. The summed E-state index contributed by atoms with van der Waals surface area (Å²) in [7, 11) is 0. The summed E-state index contributed by atoms with van der Waals surface area (Å²) < 4.78 is 0.551. The Morgan fingerprint density at radius 2 is 2.28 bits per heavy atom. The van der Waals surface area contributed by atoms with E-state index < -0.39 is 4.92 Å². The third-order valence-corrected chi connectivity index (χ3v) is 3.60. The quantitative estimate of drug-likeness (QED) is 0.494. The predicted molar refractivity (Wildman–Crippen MR) is 76.1 cm³/mol. The van der Waals surface area contributed by atoms with Crippen molar-refractivity contribution in [3.63, 3.8) is 0 Å². The van der Waals surface area contributed by atoms with Crippen LogP contribution in [0.3, 0.4) is 0 Å². The maximum atomic E-state index is 11.8. The first kappa shape index (κ1) is 15.0. The highest BCUT2D eigenvalue weighted by molar-refractivity contribution is 9.10. The lowest BCUT2D eigenvalue weighted by molar-refractivity contribution is -0.384. The molecule has 0 unspecified atom stereocenters. The van der Waals surface area contributed by atoms with Crippen molar-refractivity contribution < 1.29 is 9.72 Å². The van der Waals surface area contributed by atoms with Gasteiger partial charge >= 0.3 is 0 Å². The molecule has 1 aromatic carbocycles. The fourth-order valence-corrected chi connectivity index (χ4v) is 2.17. The van der Waals surface area contributed by atoms with Gasteiger partial charge in [-0.15, -0.1) is 0 Å². The Morgan fingerprint density at radius 1 is 1.56 bits per heavy atom. The minimum atomic E-state index is -0.517. The molecule has 1 amide bonds. The number of rotatable bonds is 6. The Morgan fingerprint density at radius 3 is 2.89 bits per heavy atom. The van der Waals surface area contributed by atoms with E-state index in [1.165, 1.54) is 18.2 Å². The van der Waals surface area contributed by atoms with Crippen LogP contribution < -0.4 is 5.32 Å². The molecule has 0 heterocycles. The number of non-ortho nitro benzene ring substituents is 1. The second-order valence-corrected chi connectivity index (χ2v) is 5.36. The monoisotopic (exact) mass is 332 g/mol. The maximum Gasteiger partial charge on any atom is 0.270 e. The van der Waals surface area contributed by atoms with Gasteiger partial charge in [0.2, 0.25) is 0 Å². The van der Waals surface area contributed by atoms with E-state index >= 15 is 0 Å². The molecule has 0 aliphatic carbocycles. The van der Waals surface area contributed by atoms with E-state index in [0.29, 0.717) is 11.0 Å². The van der Waals surface area contributed by atoms with Crippen LogP contribution in [-0.4, -0.2) is 29.4 Å². The van der Waals surface area contributed by atoms with E-state index in [0.717, 1.165) is 12.2 Å². The normalized spacial score (nSPS) is 10.1. The number of halogens is 1. The Bertz CT molecular complexity index is 454. The van der Waals surface area contributed by atoms with E-state index in [2.05, 4.69) is 21.2 Å². The van der Waals surface area contributed by atoms with Crippen LogP contribution in [0.5, 0.6) is 0 Å². The smallest absolute Gasteiger partial charge is 0.270 e. The van der Waals surface area contributed by atoms with Gasteiger partial charge in [0.15, 0.2) is 0 Å². The van der Waals surface area contributed by atoms with Gasteiger partial charge < -0.3 is 5.32 Å². The summed E-state index contributed by atoms with van der Waals surface area (Å²) in [6.07, 6.45) is 2.87. The molecule has 0 radical (unpaired) electrons. The first-order valence-electron chi connectivity index (χ1n) is 5.27. The molecule has 0 fully saturated rings. The minimum absolute atomic E-state index is 0.0903. The van der Waals surface area contributed by atoms with Gasteiger partial charge in [-0.25, -0.2) is 0 Å². The molecule has 5 nitrogen and oxygen atoms in total. The van der Waals surface area contributed by atoms with Crippen molar-refractivity contribution in [1.82, 2.24) is 5.32 Å². The lowest BCUT2D eigenvalue weighted by atomic mass is 10.2. The molecule has 0 aliphatic heterocycles. The number of amides is 1. The topological polar surface area (TPSA) is 72.2 Å².